The summed E-state index contributed by atoms with van der Waals surface area (Å²) in [6, 6.07) is 5.82. The fourth-order valence-electron chi connectivity index (χ4n) is 2.98. The molecule has 0 amide bonds. The highest BCUT2D eigenvalue weighted by molar-refractivity contribution is 6.31. The molecule has 0 heterocycles. The number of benzene rings is 1. The predicted molar refractivity (Wildman–Crippen MR) is 75.7 cm³/mol. The van der Waals surface area contributed by atoms with Crippen molar-refractivity contribution in [1.29, 1.82) is 0 Å². The number of aliphatic hydroxyl groups is 1. The number of halogens is 1. The summed E-state index contributed by atoms with van der Waals surface area (Å²) >= 11 is 6.14. The quantitative estimate of drug-likeness (QED) is 0.879. The molecule has 1 aromatic rings. The molecule has 1 aromatic carbocycles. The van der Waals surface area contributed by atoms with Crippen molar-refractivity contribution in [1.82, 2.24) is 0 Å². The maximum absolute atomic E-state index is 10.7. The molecule has 0 aromatic heterocycles. The standard InChI is InChI=1S/C15H22ClNO/c1-11-5-6-12(9-13(11)16)14(18)15(10-17)7-3-2-4-8-15/h5-6,9,14,18H,2-4,7-8,10,17H2,1H3. The monoisotopic (exact) mass is 267 g/mol. The highest BCUT2D eigenvalue weighted by Gasteiger charge is 2.38. The largest absolute Gasteiger partial charge is 0.388 e. The summed E-state index contributed by atoms with van der Waals surface area (Å²) in [6.45, 7) is 2.51. The van der Waals surface area contributed by atoms with Gasteiger partial charge in [-0.05, 0) is 37.0 Å². The van der Waals surface area contributed by atoms with Crippen LogP contribution in [0.1, 0.15) is 49.3 Å². The average Bonchev–Trinajstić information content (AvgIpc) is 2.42. The van der Waals surface area contributed by atoms with E-state index in [1.165, 1.54) is 6.42 Å². The molecule has 0 spiro atoms. The summed E-state index contributed by atoms with van der Waals surface area (Å²) in [5.74, 6) is 0. The SMILES string of the molecule is Cc1ccc(C(O)C2(CN)CCCCC2)cc1Cl. The third-order valence-corrected chi connectivity index (χ3v) is 4.75. The Morgan fingerprint density at radius 2 is 2.00 bits per heavy atom. The van der Waals surface area contributed by atoms with E-state index in [0.29, 0.717) is 6.54 Å². The van der Waals surface area contributed by atoms with Crippen molar-refractivity contribution in [3.05, 3.63) is 34.3 Å². The van der Waals surface area contributed by atoms with Gasteiger partial charge < -0.3 is 10.8 Å². The molecule has 100 valence electrons. The Morgan fingerprint density at radius 3 is 2.56 bits per heavy atom. The number of nitrogens with two attached hydrogens (primary N) is 1. The van der Waals surface area contributed by atoms with Crippen LogP contribution in [-0.2, 0) is 0 Å². The van der Waals surface area contributed by atoms with Crippen LogP contribution < -0.4 is 5.73 Å². The minimum absolute atomic E-state index is 0.156. The Kier molecular flexibility index (Phi) is 4.31. The van der Waals surface area contributed by atoms with Gasteiger partial charge in [-0.3, -0.25) is 0 Å². The molecule has 1 saturated carbocycles. The molecule has 1 aliphatic carbocycles. The molecular weight excluding hydrogens is 246 g/mol. The van der Waals surface area contributed by atoms with Gasteiger partial charge in [0.15, 0.2) is 0 Å². The summed E-state index contributed by atoms with van der Waals surface area (Å²) in [6.07, 6.45) is 5.10. The summed E-state index contributed by atoms with van der Waals surface area (Å²) in [5, 5.41) is 11.4. The number of aliphatic hydroxyl groups excluding tert-OH is 1. The Hall–Kier alpha value is -0.570. The van der Waals surface area contributed by atoms with Gasteiger partial charge in [0, 0.05) is 17.0 Å². The zero-order valence-corrected chi connectivity index (χ0v) is 11.7. The third kappa shape index (κ3) is 2.56. The van der Waals surface area contributed by atoms with E-state index in [-0.39, 0.29) is 5.41 Å². The lowest BCUT2D eigenvalue weighted by molar-refractivity contribution is 0.000697. The lowest BCUT2D eigenvalue weighted by atomic mass is 9.68. The van der Waals surface area contributed by atoms with Crippen molar-refractivity contribution >= 4 is 11.6 Å². The van der Waals surface area contributed by atoms with Gasteiger partial charge in [0.1, 0.15) is 0 Å². The fraction of sp³-hybridized carbons (Fsp3) is 0.600. The number of rotatable bonds is 3. The molecule has 0 aliphatic heterocycles. The van der Waals surface area contributed by atoms with Crippen LogP contribution in [0.25, 0.3) is 0 Å². The minimum atomic E-state index is -0.499. The zero-order valence-electron chi connectivity index (χ0n) is 11.0. The van der Waals surface area contributed by atoms with Gasteiger partial charge in [0.05, 0.1) is 6.10 Å². The molecule has 0 bridgehead atoms. The first-order chi connectivity index (χ1) is 8.59. The molecule has 1 atom stereocenters. The van der Waals surface area contributed by atoms with Crippen LogP contribution in [-0.4, -0.2) is 11.7 Å². The van der Waals surface area contributed by atoms with Crippen LogP contribution in [0.15, 0.2) is 18.2 Å². The zero-order chi connectivity index (χ0) is 13.2. The van der Waals surface area contributed by atoms with E-state index in [1.807, 2.05) is 25.1 Å². The van der Waals surface area contributed by atoms with E-state index in [2.05, 4.69) is 0 Å². The molecule has 1 fully saturated rings. The molecule has 3 heteroatoms. The molecule has 3 N–H and O–H groups in total. The van der Waals surface area contributed by atoms with E-state index < -0.39 is 6.10 Å². The Balaban J connectivity index is 2.27. The Bertz CT molecular complexity index is 413. The molecule has 0 radical (unpaired) electrons. The third-order valence-electron chi connectivity index (χ3n) is 4.35. The van der Waals surface area contributed by atoms with Gasteiger partial charge in [0.2, 0.25) is 0 Å². The van der Waals surface area contributed by atoms with Crippen molar-refractivity contribution in [3.8, 4) is 0 Å². The molecule has 2 nitrogen and oxygen atoms in total. The van der Waals surface area contributed by atoms with Crippen molar-refractivity contribution in [2.45, 2.75) is 45.1 Å². The number of hydrogen-bond donors (Lipinski definition) is 2. The highest BCUT2D eigenvalue weighted by Crippen LogP contribution is 2.45. The molecular formula is C15H22ClNO. The minimum Gasteiger partial charge on any atom is -0.388 e. The summed E-state index contributed by atoms with van der Waals surface area (Å²) in [5.41, 5.74) is 7.74. The van der Waals surface area contributed by atoms with Gasteiger partial charge in [-0.25, -0.2) is 0 Å². The summed E-state index contributed by atoms with van der Waals surface area (Å²) in [4.78, 5) is 0. The maximum Gasteiger partial charge on any atom is 0.0858 e. The lowest BCUT2D eigenvalue weighted by Gasteiger charge is -2.40. The van der Waals surface area contributed by atoms with Gasteiger partial charge in [-0.1, -0.05) is 43.0 Å². The first-order valence-electron chi connectivity index (χ1n) is 6.73. The Morgan fingerprint density at radius 1 is 1.33 bits per heavy atom. The first-order valence-corrected chi connectivity index (χ1v) is 7.11. The summed E-state index contributed by atoms with van der Waals surface area (Å²) in [7, 11) is 0. The summed E-state index contributed by atoms with van der Waals surface area (Å²) < 4.78 is 0. The normalized spacial score (nSPS) is 20.7. The van der Waals surface area contributed by atoms with E-state index in [4.69, 9.17) is 17.3 Å². The molecule has 18 heavy (non-hydrogen) atoms. The van der Waals surface area contributed by atoms with Crippen LogP contribution in [0.4, 0.5) is 0 Å². The van der Waals surface area contributed by atoms with Crippen molar-refractivity contribution in [2.24, 2.45) is 11.1 Å². The van der Waals surface area contributed by atoms with Crippen molar-refractivity contribution in [2.75, 3.05) is 6.54 Å². The van der Waals surface area contributed by atoms with Crippen LogP contribution >= 0.6 is 11.6 Å². The van der Waals surface area contributed by atoms with Crippen LogP contribution in [0, 0.1) is 12.3 Å². The topological polar surface area (TPSA) is 46.2 Å². The smallest absolute Gasteiger partial charge is 0.0858 e. The lowest BCUT2D eigenvalue weighted by Crippen LogP contribution is -2.38. The second-order valence-electron chi connectivity index (χ2n) is 5.54. The number of hydrogen-bond acceptors (Lipinski definition) is 2. The van der Waals surface area contributed by atoms with Crippen LogP contribution in [0.5, 0.6) is 0 Å². The van der Waals surface area contributed by atoms with Gasteiger partial charge in [-0.2, -0.15) is 0 Å². The number of aryl methyl sites for hydroxylation is 1. The van der Waals surface area contributed by atoms with E-state index in [9.17, 15) is 5.11 Å². The second kappa shape index (κ2) is 5.60. The van der Waals surface area contributed by atoms with Gasteiger partial charge in [-0.15, -0.1) is 0 Å². The maximum atomic E-state index is 10.7. The Labute approximate surface area is 114 Å². The predicted octanol–water partition coefficient (Wildman–Crippen LogP) is 3.59. The molecule has 1 unspecified atom stereocenters. The molecule has 1 aliphatic rings. The van der Waals surface area contributed by atoms with Gasteiger partial charge >= 0.3 is 0 Å². The average molecular weight is 268 g/mol. The van der Waals surface area contributed by atoms with E-state index in [1.54, 1.807) is 0 Å². The van der Waals surface area contributed by atoms with E-state index >= 15 is 0 Å². The highest BCUT2D eigenvalue weighted by atomic mass is 35.5. The second-order valence-corrected chi connectivity index (χ2v) is 5.95. The van der Waals surface area contributed by atoms with Crippen LogP contribution in [0.2, 0.25) is 5.02 Å². The fourth-order valence-corrected chi connectivity index (χ4v) is 3.17. The van der Waals surface area contributed by atoms with Crippen LogP contribution in [0.3, 0.4) is 0 Å². The van der Waals surface area contributed by atoms with E-state index in [0.717, 1.165) is 41.8 Å². The van der Waals surface area contributed by atoms with Gasteiger partial charge in [0.25, 0.3) is 0 Å². The molecule has 0 saturated heterocycles. The molecule has 2 rings (SSSR count). The van der Waals surface area contributed by atoms with Crippen molar-refractivity contribution < 1.29 is 5.11 Å². The first kappa shape index (κ1) is 13.9. The van der Waals surface area contributed by atoms with Crippen molar-refractivity contribution in [3.63, 3.8) is 0 Å².